The summed E-state index contributed by atoms with van der Waals surface area (Å²) in [7, 11) is 0. The Balaban J connectivity index is 1.58. The number of nitrogens with two attached hydrogens (primary N) is 1. The molecule has 2 saturated heterocycles. The van der Waals surface area contributed by atoms with E-state index in [1.807, 2.05) is 24.0 Å². The normalized spacial score (nSPS) is 25.0. The summed E-state index contributed by atoms with van der Waals surface area (Å²) in [4.78, 5) is 16.9. The Hall–Kier alpha value is -1.30. The highest BCUT2D eigenvalue weighted by molar-refractivity contribution is 6.31. The number of benzene rings is 1. The van der Waals surface area contributed by atoms with Crippen LogP contribution in [0, 0.1) is 12.8 Å². The van der Waals surface area contributed by atoms with Crippen molar-refractivity contribution in [2.45, 2.75) is 19.4 Å². The van der Waals surface area contributed by atoms with Crippen LogP contribution in [0.5, 0.6) is 0 Å². The summed E-state index contributed by atoms with van der Waals surface area (Å²) in [6.45, 7) is 6.77. The largest absolute Gasteiger partial charge is 0.368 e. The Morgan fingerprint density at radius 3 is 2.74 bits per heavy atom. The molecule has 1 aromatic rings. The van der Waals surface area contributed by atoms with E-state index in [2.05, 4.69) is 16.3 Å². The minimum atomic E-state index is -0.0528. The van der Waals surface area contributed by atoms with Crippen LogP contribution in [0.15, 0.2) is 18.2 Å². The molecule has 5 nitrogen and oxygen atoms in total. The van der Waals surface area contributed by atoms with Gasteiger partial charge in [0.1, 0.15) is 0 Å². The van der Waals surface area contributed by atoms with Gasteiger partial charge in [0, 0.05) is 36.9 Å². The highest BCUT2D eigenvalue weighted by Crippen LogP contribution is 2.27. The van der Waals surface area contributed by atoms with E-state index in [4.69, 9.17) is 17.3 Å². The molecule has 1 amide bonds. The molecule has 23 heavy (non-hydrogen) atoms. The van der Waals surface area contributed by atoms with Gasteiger partial charge in [-0.2, -0.15) is 0 Å². The Bertz CT molecular complexity index is 572. The van der Waals surface area contributed by atoms with Crippen molar-refractivity contribution >= 4 is 23.2 Å². The van der Waals surface area contributed by atoms with E-state index < -0.39 is 0 Å². The minimum Gasteiger partial charge on any atom is -0.368 e. The number of nitrogens with one attached hydrogen (secondary N) is 1. The molecular weight excluding hydrogens is 312 g/mol. The maximum atomic E-state index is 12.6. The maximum Gasteiger partial charge on any atom is 0.239 e. The quantitative estimate of drug-likeness (QED) is 0.871. The van der Waals surface area contributed by atoms with Gasteiger partial charge in [-0.15, -0.1) is 0 Å². The molecular formula is C17H25ClN4O. The first-order valence-corrected chi connectivity index (χ1v) is 8.70. The van der Waals surface area contributed by atoms with Gasteiger partial charge in [-0.3, -0.25) is 4.79 Å². The zero-order valence-electron chi connectivity index (χ0n) is 13.6. The highest BCUT2D eigenvalue weighted by Gasteiger charge is 2.33. The van der Waals surface area contributed by atoms with Gasteiger partial charge in [-0.1, -0.05) is 17.7 Å². The van der Waals surface area contributed by atoms with Crippen molar-refractivity contribution in [3.05, 3.63) is 28.8 Å². The third-order valence-electron chi connectivity index (χ3n) is 5.02. The van der Waals surface area contributed by atoms with Crippen LogP contribution in [-0.2, 0) is 4.79 Å². The first-order chi connectivity index (χ1) is 11.1. The fourth-order valence-corrected chi connectivity index (χ4v) is 3.67. The molecule has 2 aliphatic rings. The van der Waals surface area contributed by atoms with Gasteiger partial charge in [-0.05, 0) is 50.0 Å². The number of hydrogen-bond donors (Lipinski definition) is 2. The Labute approximate surface area is 142 Å². The molecule has 126 valence electrons. The van der Waals surface area contributed by atoms with E-state index >= 15 is 0 Å². The van der Waals surface area contributed by atoms with Gasteiger partial charge in [-0.25, -0.2) is 0 Å². The van der Waals surface area contributed by atoms with Crippen LogP contribution in [0.2, 0.25) is 5.02 Å². The van der Waals surface area contributed by atoms with Crippen LogP contribution in [0.25, 0.3) is 0 Å². The van der Waals surface area contributed by atoms with Crippen molar-refractivity contribution in [3.8, 4) is 0 Å². The molecule has 0 aliphatic carbocycles. The fraction of sp³-hybridized carbons (Fsp3) is 0.588. The molecule has 6 heteroatoms. The highest BCUT2D eigenvalue weighted by atomic mass is 35.5. The number of rotatable bonds is 3. The van der Waals surface area contributed by atoms with E-state index in [1.165, 1.54) is 5.69 Å². The second-order valence-electron chi connectivity index (χ2n) is 6.49. The number of nitrogens with zero attached hydrogens (tertiary/aromatic N) is 2. The molecule has 2 heterocycles. The molecule has 2 atom stereocenters. The van der Waals surface area contributed by atoms with Crippen LogP contribution in [0.4, 0.5) is 5.69 Å². The maximum absolute atomic E-state index is 12.6. The van der Waals surface area contributed by atoms with Crippen LogP contribution in [0.1, 0.15) is 12.0 Å². The van der Waals surface area contributed by atoms with Gasteiger partial charge in [0.2, 0.25) is 5.91 Å². The molecule has 0 radical (unpaired) electrons. The molecule has 3 N–H and O–H groups in total. The van der Waals surface area contributed by atoms with Crippen molar-refractivity contribution in [1.29, 1.82) is 0 Å². The summed E-state index contributed by atoms with van der Waals surface area (Å²) in [5.74, 6) is 0.655. The van der Waals surface area contributed by atoms with Crippen LogP contribution in [0.3, 0.4) is 0 Å². The smallest absolute Gasteiger partial charge is 0.239 e. The molecule has 0 spiro atoms. The van der Waals surface area contributed by atoms with Crippen LogP contribution in [-0.4, -0.2) is 56.1 Å². The number of carbonyl (C=O) groups is 1. The van der Waals surface area contributed by atoms with Gasteiger partial charge in [0.15, 0.2) is 0 Å². The molecule has 1 aromatic carbocycles. The lowest BCUT2D eigenvalue weighted by Gasteiger charge is -2.38. The predicted molar refractivity (Wildman–Crippen MR) is 93.9 cm³/mol. The molecule has 0 bridgehead atoms. The van der Waals surface area contributed by atoms with E-state index in [-0.39, 0.29) is 11.9 Å². The fourth-order valence-electron chi connectivity index (χ4n) is 3.50. The number of anilines is 1. The number of amides is 1. The lowest BCUT2D eigenvalue weighted by molar-refractivity contribution is -0.133. The molecule has 2 aliphatic heterocycles. The SMILES string of the molecule is Cc1c(Cl)cccc1N1CCN(C(=O)[C@@H]2C[C@@H](CN)CN2)CC1. The van der Waals surface area contributed by atoms with Crippen LogP contribution >= 0.6 is 11.6 Å². The zero-order chi connectivity index (χ0) is 16.4. The van der Waals surface area contributed by atoms with E-state index in [9.17, 15) is 4.79 Å². The summed E-state index contributed by atoms with van der Waals surface area (Å²) in [5, 5.41) is 4.11. The summed E-state index contributed by atoms with van der Waals surface area (Å²) in [6, 6.07) is 5.95. The van der Waals surface area contributed by atoms with Crippen molar-refractivity contribution < 1.29 is 4.79 Å². The molecule has 3 rings (SSSR count). The lowest BCUT2D eigenvalue weighted by Crippen LogP contribution is -2.53. The Morgan fingerprint density at radius 2 is 2.09 bits per heavy atom. The first-order valence-electron chi connectivity index (χ1n) is 8.32. The summed E-state index contributed by atoms with van der Waals surface area (Å²) in [6.07, 6.45) is 0.864. The summed E-state index contributed by atoms with van der Waals surface area (Å²) in [5.41, 5.74) is 7.98. The predicted octanol–water partition coefficient (Wildman–Crippen LogP) is 1.23. The number of carbonyl (C=O) groups excluding carboxylic acids is 1. The summed E-state index contributed by atoms with van der Waals surface area (Å²) >= 11 is 6.22. The van der Waals surface area contributed by atoms with Gasteiger partial charge < -0.3 is 20.9 Å². The first kappa shape index (κ1) is 16.6. The average molecular weight is 337 g/mol. The van der Waals surface area contributed by atoms with Gasteiger partial charge >= 0.3 is 0 Å². The van der Waals surface area contributed by atoms with Crippen molar-refractivity contribution in [3.63, 3.8) is 0 Å². The van der Waals surface area contributed by atoms with Crippen molar-refractivity contribution in [1.82, 2.24) is 10.2 Å². The minimum absolute atomic E-state index is 0.0528. The molecule has 0 aromatic heterocycles. The monoisotopic (exact) mass is 336 g/mol. The second-order valence-corrected chi connectivity index (χ2v) is 6.90. The second kappa shape index (κ2) is 7.07. The van der Waals surface area contributed by atoms with Gasteiger partial charge in [0.25, 0.3) is 0 Å². The molecule has 0 unspecified atom stereocenters. The van der Waals surface area contributed by atoms with E-state index in [0.717, 1.165) is 49.7 Å². The standard InChI is InChI=1S/C17H25ClN4O/c1-12-14(18)3-2-4-16(12)21-5-7-22(8-6-21)17(23)15-9-13(10-19)11-20-15/h2-4,13,15,20H,5-11,19H2,1H3/t13-,15-/m0/s1. The third kappa shape index (κ3) is 3.47. The van der Waals surface area contributed by atoms with Crippen LogP contribution < -0.4 is 16.0 Å². The van der Waals surface area contributed by atoms with E-state index in [0.29, 0.717) is 12.5 Å². The number of piperazine rings is 1. The summed E-state index contributed by atoms with van der Waals surface area (Å²) < 4.78 is 0. The van der Waals surface area contributed by atoms with Crippen molar-refractivity contribution in [2.75, 3.05) is 44.2 Å². The molecule has 0 saturated carbocycles. The zero-order valence-corrected chi connectivity index (χ0v) is 14.4. The number of hydrogen-bond acceptors (Lipinski definition) is 4. The van der Waals surface area contributed by atoms with Crippen molar-refractivity contribution in [2.24, 2.45) is 11.7 Å². The Morgan fingerprint density at radius 1 is 1.35 bits per heavy atom. The Kier molecular flexibility index (Phi) is 5.09. The average Bonchev–Trinajstić information content (AvgIpc) is 3.06. The third-order valence-corrected chi connectivity index (χ3v) is 5.43. The van der Waals surface area contributed by atoms with E-state index in [1.54, 1.807) is 0 Å². The lowest BCUT2D eigenvalue weighted by atomic mass is 10.0. The van der Waals surface area contributed by atoms with Gasteiger partial charge in [0.05, 0.1) is 6.04 Å². The molecule has 2 fully saturated rings. The number of halogens is 1. The topological polar surface area (TPSA) is 61.6 Å².